The van der Waals surface area contributed by atoms with Gasteiger partial charge in [0, 0.05) is 56.9 Å². The van der Waals surface area contributed by atoms with Gasteiger partial charge in [-0.15, -0.1) is 0 Å². The smallest absolute Gasteiger partial charge is 0.254 e. The Labute approximate surface area is 201 Å². The van der Waals surface area contributed by atoms with Gasteiger partial charge in [-0.05, 0) is 30.3 Å². The van der Waals surface area contributed by atoms with E-state index in [0.29, 0.717) is 62.9 Å². The molecule has 8 nitrogen and oxygen atoms in total. The SMILES string of the molecule is COc1cccc(C(=O)N(CCN2CCOCC2)CC2CN(C(=O)c3ccccc3)CCO2)c1. The van der Waals surface area contributed by atoms with Gasteiger partial charge in [-0.3, -0.25) is 14.5 Å². The summed E-state index contributed by atoms with van der Waals surface area (Å²) in [6.45, 7) is 6.35. The third-order valence-corrected chi connectivity index (χ3v) is 6.26. The van der Waals surface area contributed by atoms with Gasteiger partial charge in [0.2, 0.25) is 0 Å². The van der Waals surface area contributed by atoms with Gasteiger partial charge < -0.3 is 24.0 Å². The van der Waals surface area contributed by atoms with Gasteiger partial charge >= 0.3 is 0 Å². The quantitative estimate of drug-likeness (QED) is 0.592. The molecular formula is C26H33N3O5. The number of ether oxygens (including phenoxy) is 3. The Bertz CT molecular complexity index is 948. The largest absolute Gasteiger partial charge is 0.497 e. The fourth-order valence-corrected chi connectivity index (χ4v) is 4.32. The summed E-state index contributed by atoms with van der Waals surface area (Å²) in [5, 5.41) is 0. The summed E-state index contributed by atoms with van der Waals surface area (Å²) >= 11 is 0. The Morgan fingerprint density at radius 1 is 1.00 bits per heavy atom. The standard InChI is InChI=1S/C26H33N3O5/c1-32-23-9-5-8-22(18-23)26(31)28(11-10-27-12-15-33-16-13-27)19-24-20-29(14-17-34-24)25(30)21-6-3-2-4-7-21/h2-9,18,24H,10-17,19-20H2,1H3. The van der Waals surface area contributed by atoms with E-state index in [1.807, 2.05) is 52.3 Å². The molecule has 1 atom stereocenters. The summed E-state index contributed by atoms with van der Waals surface area (Å²) in [6, 6.07) is 16.5. The molecule has 2 heterocycles. The molecule has 8 heteroatoms. The van der Waals surface area contributed by atoms with Crippen LogP contribution in [0, 0.1) is 0 Å². The molecule has 34 heavy (non-hydrogen) atoms. The van der Waals surface area contributed by atoms with E-state index in [9.17, 15) is 9.59 Å². The first-order valence-electron chi connectivity index (χ1n) is 11.8. The van der Waals surface area contributed by atoms with Crippen LogP contribution >= 0.6 is 0 Å². The number of carbonyl (C=O) groups excluding carboxylic acids is 2. The van der Waals surface area contributed by atoms with Crippen LogP contribution in [0.15, 0.2) is 54.6 Å². The summed E-state index contributed by atoms with van der Waals surface area (Å²) in [5.41, 5.74) is 1.24. The monoisotopic (exact) mass is 467 g/mol. The predicted molar refractivity (Wildman–Crippen MR) is 128 cm³/mol. The molecule has 182 valence electrons. The lowest BCUT2D eigenvalue weighted by Crippen LogP contribution is -2.52. The minimum atomic E-state index is -0.249. The second-order valence-corrected chi connectivity index (χ2v) is 8.55. The van der Waals surface area contributed by atoms with Gasteiger partial charge in [0.05, 0.1) is 33.0 Å². The van der Waals surface area contributed by atoms with Crippen molar-refractivity contribution in [3.63, 3.8) is 0 Å². The van der Waals surface area contributed by atoms with Crippen LogP contribution in [0.5, 0.6) is 5.75 Å². The van der Waals surface area contributed by atoms with Crippen LogP contribution in [0.4, 0.5) is 0 Å². The van der Waals surface area contributed by atoms with E-state index < -0.39 is 0 Å². The maximum absolute atomic E-state index is 13.5. The van der Waals surface area contributed by atoms with Crippen LogP contribution in [-0.2, 0) is 9.47 Å². The molecule has 2 aromatic rings. The summed E-state index contributed by atoms with van der Waals surface area (Å²) in [7, 11) is 1.59. The Balaban J connectivity index is 1.45. The van der Waals surface area contributed by atoms with E-state index in [1.165, 1.54) is 0 Å². The van der Waals surface area contributed by atoms with Gasteiger partial charge in [-0.1, -0.05) is 24.3 Å². The minimum absolute atomic E-state index is 0.00658. The fourth-order valence-electron chi connectivity index (χ4n) is 4.32. The van der Waals surface area contributed by atoms with E-state index in [2.05, 4.69) is 4.90 Å². The normalized spacial score (nSPS) is 19.0. The van der Waals surface area contributed by atoms with Crippen molar-refractivity contribution in [1.82, 2.24) is 14.7 Å². The molecule has 0 spiro atoms. The fraction of sp³-hybridized carbons (Fsp3) is 0.462. The minimum Gasteiger partial charge on any atom is -0.497 e. The van der Waals surface area contributed by atoms with Crippen molar-refractivity contribution >= 4 is 11.8 Å². The third-order valence-electron chi connectivity index (χ3n) is 6.26. The summed E-state index contributed by atoms with van der Waals surface area (Å²) in [5.74, 6) is 0.572. The van der Waals surface area contributed by atoms with Crippen LogP contribution < -0.4 is 4.74 Å². The predicted octanol–water partition coefficient (Wildman–Crippen LogP) is 2.01. The number of methoxy groups -OCH3 is 1. The van der Waals surface area contributed by atoms with Crippen molar-refractivity contribution in [3.8, 4) is 5.75 Å². The zero-order valence-electron chi connectivity index (χ0n) is 19.7. The molecule has 2 aliphatic rings. The van der Waals surface area contributed by atoms with Crippen molar-refractivity contribution in [2.75, 3.05) is 72.7 Å². The Morgan fingerprint density at radius 3 is 2.53 bits per heavy atom. The number of nitrogens with zero attached hydrogens (tertiary/aromatic N) is 3. The number of benzene rings is 2. The lowest BCUT2D eigenvalue weighted by Gasteiger charge is -2.37. The van der Waals surface area contributed by atoms with E-state index in [0.717, 1.165) is 19.6 Å². The summed E-state index contributed by atoms with van der Waals surface area (Å²) < 4.78 is 16.8. The van der Waals surface area contributed by atoms with Crippen LogP contribution in [-0.4, -0.2) is 105 Å². The van der Waals surface area contributed by atoms with E-state index in [-0.39, 0.29) is 17.9 Å². The molecule has 2 aliphatic heterocycles. The number of rotatable bonds is 8. The third kappa shape index (κ3) is 6.34. The Hall–Kier alpha value is -2.94. The van der Waals surface area contributed by atoms with E-state index in [1.54, 1.807) is 19.2 Å². The Morgan fingerprint density at radius 2 is 1.76 bits per heavy atom. The summed E-state index contributed by atoms with van der Waals surface area (Å²) in [4.78, 5) is 32.4. The molecule has 2 amide bonds. The first-order valence-corrected chi connectivity index (χ1v) is 11.8. The molecule has 0 N–H and O–H groups in total. The van der Waals surface area contributed by atoms with E-state index in [4.69, 9.17) is 14.2 Å². The van der Waals surface area contributed by atoms with Gasteiger partial charge in [-0.25, -0.2) is 0 Å². The lowest BCUT2D eigenvalue weighted by molar-refractivity contribution is -0.0346. The first kappa shape index (κ1) is 24.2. The Kier molecular flexibility index (Phi) is 8.51. The molecule has 2 saturated heterocycles. The van der Waals surface area contributed by atoms with Crippen molar-refractivity contribution in [2.45, 2.75) is 6.10 Å². The molecule has 4 rings (SSSR count). The highest BCUT2D eigenvalue weighted by molar-refractivity contribution is 5.95. The average molecular weight is 468 g/mol. The van der Waals surface area contributed by atoms with Gasteiger partial charge in [0.1, 0.15) is 5.75 Å². The second-order valence-electron chi connectivity index (χ2n) is 8.55. The van der Waals surface area contributed by atoms with Gasteiger partial charge in [0.15, 0.2) is 0 Å². The number of hydrogen-bond donors (Lipinski definition) is 0. The van der Waals surface area contributed by atoms with Crippen LogP contribution in [0.3, 0.4) is 0 Å². The van der Waals surface area contributed by atoms with Crippen molar-refractivity contribution in [2.24, 2.45) is 0 Å². The number of hydrogen-bond acceptors (Lipinski definition) is 6. The molecule has 0 aliphatic carbocycles. The zero-order chi connectivity index (χ0) is 23.8. The topological polar surface area (TPSA) is 71.6 Å². The van der Waals surface area contributed by atoms with Crippen LogP contribution in [0.2, 0.25) is 0 Å². The average Bonchev–Trinajstić information content (AvgIpc) is 2.91. The second kappa shape index (κ2) is 12.0. The highest BCUT2D eigenvalue weighted by Gasteiger charge is 2.29. The lowest BCUT2D eigenvalue weighted by atomic mass is 10.1. The van der Waals surface area contributed by atoms with Crippen LogP contribution in [0.1, 0.15) is 20.7 Å². The number of amides is 2. The number of morpholine rings is 2. The van der Waals surface area contributed by atoms with Gasteiger partial charge in [-0.2, -0.15) is 0 Å². The number of carbonyl (C=O) groups is 2. The molecule has 1 unspecified atom stereocenters. The first-order chi connectivity index (χ1) is 16.6. The molecule has 2 aromatic carbocycles. The maximum Gasteiger partial charge on any atom is 0.254 e. The molecule has 2 fully saturated rings. The van der Waals surface area contributed by atoms with Crippen molar-refractivity contribution in [3.05, 3.63) is 65.7 Å². The highest BCUT2D eigenvalue weighted by Crippen LogP contribution is 2.17. The van der Waals surface area contributed by atoms with E-state index >= 15 is 0 Å². The molecule has 0 radical (unpaired) electrons. The molecule has 0 aromatic heterocycles. The molecule has 0 bridgehead atoms. The molecular weight excluding hydrogens is 434 g/mol. The van der Waals surface area contributed by atoms with Crippen molar-refractivity contribution < 1.29 is 23.8 Å². The maximum atomic E-state index is 13.5. The van der Waals surface area contributed by atoms with Gasteiger partial charge in [0.25, 0.3) is 11.8 Å². The zero-order valence-corrected chi connectivity index (χ0v) is 19.7. The highest BCUT2D eigenvalue weighted by atomic mass is 16.5. The van der Waals surface area contributed by atoms with Crippen LogP contribution in [0.25, 0.3) is 0 Å². The van der Waals surface area contributed by atoms with Crippen molar-refractivity contribution in [1.29, 1.82) is 0 Å². The molecule has 0 saturated carbocycles. The summed E-state index contributed by atoms with van der Waals surface area (Å²) in [6.07, 6.45) is -0.249.